The Bertz CT molecular complexity index is 901. The number of nitrogens with zero attached hydrogens (tertiary/aromatic N) is 1. The lowest BCUT2D eigenvalue weighted by Crippen LogP contribution is -1.98. The quantitative estimate of drug-likeness (QED) is 0.653. The zero-order chi connectivity index (χ0) is 15.1. The molecule has 0 amide bonds. The van der Waals surface area contributed by atoms with Gasteiger partial charge in [-0.05, 0) is 64.9 Å². The molecule has 0 aliphatic heterocycles. The Balaban J connectivity index is 2.33. The molecule has 1 N–H and O–H groups in total. The van der Waals surface area contributed by atoms with Crippen molar-refractivity contribution in [3.8, 4) is 11.4 Å². The first-order valence-corrected chi connectivity index (χ1v) is 7.46. The van der Waals surface area contributed by atoms with Crippen LogP contribution in [-0.4, -0.2) is 16.7 Å². The van der Waals surface area contributed by atoms with Crippen molar-refractivity contribution in [2.45, 2.75) is 6.92 Å². The predicted molar refractivity (Wildman–Crippen MR) is 87.4 cm³/mol. The van der Waals surface area contributed by atoms with E-state index in [9.17, 15) is 4.39 Å². The van der Waals surface area contributed by atoms with Crippen LogP contribution in [0.3, 0.4) is 0 Å². The zero-order valence-electron chi connectivity index (χ0n) is 11.4. The molecular weight excluding hydrogens is 355 g/mol. The van der Waals surface area contributed by atoms with Gasteiger partial charge in [0.15, 0.2) is 4.77 Å². The summed E-state index contributed by atoms with van der Waals surface area (Å²) in [5, 5.41) is 0. The second-order valence-electron chi connectivity index (χ2n) is 4.70. The fraction of sp³-hybridized carbons (Fsp3) is 0.133. The normalized spacial score (nSPS) is 11.0. The fourth-order valence-electron chi connectivity index (χ4n) is 2.33. The number of halogens is 2. The van der Waals surface area contributed by atoms with Crippen LogP contribution in [0.15, 0.2) is 34.8 Å². The number of nitrogens with one attached hydrogen (secondary N) is 1. The fourth-order valence-corrected chi connectivity index (χ4v) is 2.97. The van der Waals surface area contributed by atoms with Crippen molar-refractivity contribution in [2.75, 3.05) is 7.11 Å². The number of methoxy groups -OCH3 is 1. The van der Waals surface area contributed by atoms with Gasteiger partial charge in [-0.2, -0.15) is 0 Å². The Morgan fingerprint density at radius 3 is 2.76 bits per heavy atom. The minimum Gasteiger partial charge on any atom is -0.497 e. The Hall–Kier alpha value is -1.66. The monoisotopic (exact) mass is 366 g/mol. The number of aromatic amines is 1. The first-order valence-electron chi connectivity index (χ1n) is 6.26. The summed E-state index contributed by atoms with van der Waals surface area (Å²) in [6.45, 7) is 1.86. The molecule has 1 heterocycles. The topological polar surface area (TPSA) is 29.9 Å². The van der Waals surface area contributed by atoms with Crippen LogP contribution in [0, 0.1) is 17.5 Å². The van der Waals surface area contributed by atoms with Crippen molar-refractivity contribution in [1.29, 1.82) is 0 Å². The second kappa shape index (κ2) is 5.27. The number of ether oxygens (including phenoxy) is 1. The number of H-pyrrole nitrogens is 1. The molecule has 21 heavy (non-hydrogen) atoms. The number of rotatable bonds is 2. The summed E-state index contributed by atoms with van der Waals surface area (Å²) in [7, 11) is 1.62. The highest BCUT2D eigenvalue weighted by molar-refractivity contribution is 9.10. The van der Waals surface area contributed by atoms with Gasteiger partial charge in [-0.3, -0.25) is 4.57 Å². The van der Waals surface area contributed by atoms with Crippen molar-refractivity contribution in [2.24, 2.45) is 0 Å². The molecule has 0 saturated carbocycles. The second-order valence-corrected chi connectivity index (χ2v) is 5.94. The molecular formula is C15H12BrFN2OS. The first-order chi connectivity index (χ1) is 10.0. The highest BCUT2D eigenvalue weighted by Crippen LogP contribution is 2.28. The Morgan fingerprint density at radius 1 is 1.29 bits per heavy atom. The van der Waals surface area contributed by atoms with Crippen LogP contribution in [0.1, 0.15) is 5.56 Å². The number of aryl methyl sites for hydroxylation is 1. The average molecular weight is 367 g/mol. The van der Waals surface area contributed by atoms with E-state index in [4.69, 9.17) is 17.0 Å². The SMILES string of the molecule is COc1ccc2c(c1)[nH]c(=S)n2-c1cc(Br)c(F)cc1C. The van der Waals surface area contributed by atoms with Crippen LogP contribution in [0.25, 0.3) is 16.7 Å². The van der Waals surface area contributed by atoms with Gasteiger partial charge in [-0.25, -0.2) is 4.39 Å². The van der Waals surface area contributed by atoms with E-state index in [1.165, 1.54) is 6.07 Å². The van der Waals surface area contributed by atoms with E-state index < -0.39 is 0 Å². The summed E-state index contributed by atoms with van der Waals surface area (Å²) in [5.41, 5.74) is 3.44. The van der Waals surface area contributed by atoms with E-state index in [1.54, 1.807) is 13.2 Å². The largest absolute Gasteiger partial charge is 0.497 e. The molecule has 3 nitrogen and oxygen atoms in total. The van der Waals surface area contributed by atoms with Crippen LogP contribution in [0.4, 0.5) is 4.39 Å². The number of imidazole rings is 1. The number of hydrogen-bond acceptors (Lipinski definition) is 2. The molecule has 0 radical (unpaired) electrons. The Kier molecular flexibility index (Phi) is 3.59. The van der Waals surface area contributed by atoms with Crippen molar-refractivity contribution in [3.63, 3.8) is 0 Å². The third-order valence-corrected chi connectivity index (χ3v) is 4.26. The summed E-state index contributed by atoms with van der Waals surface area (Å²) in [6, 6.07) is 8.91. The number of benzene rings is 2. The van der Waals surface area contributed by atoms with E-state index >= 15 is 0 Å². The Morgan fingerprint density at radius 2 is 2.05 bits per heavy atom. The minimum atomic E-state index is -0.288. The van der Waals surface area contributed by atoms with E-state index in [0.29, 0.717) is 9.24 Å². The predicted octanol–water partition coefficient (Wildman–Crippen LogP) is 4.91. The van der Waals surface area contributed by atoms with Gasteiger partial charge in [0.25, 0.3) is 0 Å². The lowest BCUT2D eigenvalue weighted by Gasteiger charge is -2.10. The van der Waals surface area contributed by atoms with Gasteiger partial charge in [0.1, 0.15) is 11.6 Å². The summed E-state index contributed by atoms with van der Waals surface area (Å²) in [6.07, 6.45) is 0. The number of aromatic nitrogens is 2. The molecule has 1 aromatic heterocycles. The van der Waals surface area contributed by atoms with Gasteiger partial charge in [0.2, 0.25) is 0 Å². The molecule has 0 saturated heterocycles. The molecule has 3 aromatic rings. The average Bonchev–Trinajstić information content (AvgIpc) is 2.77. The lowest BCUT2D eigenvalue weighted by molar-refractivity contribution is 0.415. The van der Waals surface area contributed by atoms with Gasteiger partial charge in [0, 0.05) is 6.07 Å². The molecule has 3 rings (SSSR count). The first kappa shape index (κ1) is 14.3. The van der Waals surface area contributed by atoms with Gasteiger partial charge < -0.3 is 9.72 Å². The van der Waals surface area contributed by atoms with E-state index in [2.05, 4.69) is 20.9 Å². The molecule has 6 heteroatoms. The Labute approximate surface area is 134 Å². The standard InChI is InChI=1S/C15H12BrFN2OS/c1-8-5-11(17)10(16)7-14(8)19-13-4-3-9(20-2)6-12(13)18-15(19)21/h3-7H,1-2H3,(H,18,21). The number of hydrogen-bond donors (Lipinski definition) is 1. The molecule has 0 aliphatic carbocycles. The van der Waals surface area contributed by atoms with E-state index in [1.807, 2.05) is 29.7 Å². The highest BCUT2D eigenvalue weighted by Gasteiger charge is 2.12. The van der Waals surface area contributed by atoms with Crippen LogP contribution in [0.5, 0.6) is 5.75 Å². The smallest absolute Gasteiger partial charge is 0.182 e. The maximum absolute atomic E-state index is 13.6. The summed E-state index contributed by atoms with van der Waals surface area (Å²) in [5.74, 6) is 0.465. The van der Waals surface area contributed by atoms with Crippen molar-refractivity contribution in [1.82, 2.24) is 9.55 Å². The van der Waals surface area contributed by atoms with Crippen LogP contribution >= 0.6 is 28.1 Å². The molecule has 0 unspecified atom stereocenters. The maximum atomic E-state index is 13.6. The summed E-state index contributed by atoms with van der Waals surface area (Å²) >= 11 is 8.63. The molecule has 0 atom stereocenters. The third kappa shape index (κ3) is 2.38. The number of fused-ring (bicyclic) bond motifs is 1. The summed E-state index contributed by atoms with van der Waals surface area (Å²) in [4.78, 5) is 3.15. The summed E-state index contributed by atoms with van der Waals surface area (Å²) < 4.78 is 21.7. The molecule has 0 fully saturated rings. The maximum Gasteiger partial charge on any atom is 0.182 e. The molecule has 0 bridgehead atoms. The molecule has 2 aromatic carbocycles. The van der Waals surface area contributed by atoms with Crippen molar-refractivity contribution in [3.05, 3.63) is 51.0 Å². The molecule has 0 spiro atoms. The van der Waals surface area contributed by atoms with E-state index in [-0.39, 0.29) is 5.82 Å². The van der Waals surface area contributed by atoms with Gasteiger partial charge in [0.05, 0.1) is 28.3 Å². The van der Waals surface area contributed by atoms with Crippen molar-refractivity contribution < 1.29 is 9.13 Å². The molecule has 108 valence electrons. The lowest BCUT2D eigenvalue weighted by atomic mass is 10.2. The van der Waals surface area contributed by atoms with Crippen LogP contribution < -0.4 is 4.74 Å². The minimum absolute atomic E-state index is 0.288. The third-order valence-electron chi connectivity index (χ3n) is 3.37. The van der Waals surface area contributed by atoms with Crippen LogP contribution in [-0.2, 0) is 0 Å². The van der Waals surface area contributed by atoms with E-state index in [0.717, 1.165) is 28.0 Å². The highest BCUT2D eigenvalue weighted by atomic mass is 79.9. The van der Waals surface area contributed by atoms with Crippen molar-refractivity contribution >= 4 is 39.2 Å². The zero-order valence-corrected chi connectivity index (χ0v) is 13.8. The van der Waals surface area contributed by atoms with Gasteiger partial charge >= 0.3 is 0 Å². The van der Waals surface area contributed by atoms with Gasteiger partial charge in [-0.15, -0.1) is 0 Å². The molecule has 0 aliphatic rings. The van der Waals surface area contributed by atoms with Gasteiger partial charge in [-0.1, -0.05) is 0 Å². The van der Waals surface area contributed by atoms with Crippen LogP contribution in [0.2, 0.25) is 0 Å².